The molecule has 3 atom stereocenters. The first-order valence-corrected chi connectivity index (χ1v) is 10.2. The molecular weight excluding hydrogens is 392 g/mol. The quantitative estimate of drug-likeness (QED) is 0.657. The Kier molecular flexibility index (Phi) is 3.55. The summed E-state index contributed by atoms with van der Waals surface area (Å²) in [6, 6.07) is 1.95. The van der Waals surface area contributed by atoms with E-state index >= 15 is 0 Å². The van der Waals surface area contributed by atoms with Gasteiger partial charge in [-0.3, -0.25) is 9.48 Å². The highest BCUT2D eigenvalue weighted by Gasteiger charge is 2.64. The van der Waals surface area contributed by atoms with E-state index in [4.69, 9.17) is 0 Å². The highest BCUT2D eigenvalue weighted by Crippen LogP contribution is 2.51. The van der Waals surface area contributed by atoms with Gasteiger partial charge in [-0.1, -0.05) is 0 Å². The Morgan fingerprint density at radius 2 is 1.87 bits per heavy atom. The number of piperazine rings is 1. The average molecular weight is 413 g/mol. The van der Waals surface area contributed by atoms with Gasteiger partial charge < -0.3 is 9.80 Å². The van der Waals surface area contributed by atoms with Crippen molar-refractivity contribution in [1.29, 1.82) is 0 Å². The van der Waals surface area contributed by atoms with Crippen LogP contribution in [-0.4, -0.2) is 66.3 Å². The Balaban J connectivity index is 1.29. The lowest BCUT2D eigenvalue weighted by Gasteiger charge is -2.41. The smallest absolute Gasteiger partial charge is 0.260 e. The molecule has 6 rings (SSSR count). The standard InChI is InChI=1S/C20H21F2N7O/c1-26-7-13(6-24-26)12-4-17-18(23-11-25-28(17)8-12)27-9-14-2-3-15(10-27)29(14)19(30)16-5-20(16,21)22/h4,6-8,11,14-16H,2-3,5,9-10H2,1H3. The van der Waals surface area contributed by atoms with Crippen LogP contribution < -0.4 is 4.90 Å². The van der Waals surface area contributed by atoms with Crippen LogP contribution in [0.15, 0.2) is 31.0 Å². The lowest BCUT2D eigenvalue weighted by Crippen LogP contribution is -2.56. The summed E-state index contributed by atoms with van der Waals surface area (Å²) in [7, 11) is 1.87. The van der Waals surface area contributed by atoms with E-state index in [1.807, 2.05) is 25.5 Å². The van der Waals surface area contributed by atoms with Crippen molar-refractivity contribution in [3.05, 3.63) is 31.0 Å². The molecule has 2 aliphatic heterocycles. The van der Waals surface area contributed by atoms with Crippen LogP contribution in [0.4, 0.5) is 14.6 Å². The van der Waals surface area contributed by atoms with Gasteiger partial charge in [0.2, 0.25) is 5.91 Å². The first kappa shape index (κ1) is 17.8. The van der Waals surface area contributed by atoms with E-state index in [1.165, 1.54) is 6.33 Å². The molecule has 0 N–H and O–H groups in total. The molecule has 10 heteroatoms. The summed E-state index contributed by atoms with van der Waals surface area (Å²) in [5.74, 6) is -3.51. The van der Waals surface area contributed by atoms with E-state index < -0.39 is 11.8 Å². The number of hydrogen-bond donors (Lipinski definition) is 0. The minimum atomic E-state index is -2.82. The van der Waals surface area contributed by atoms with Gasteiger partial charge in [0.05, 0.1) is 6.20 Å². The van der Waals surface area contributed by atoms with E-state index in [0.717, 1.165) is 35.3 Å². The maximum atomic E-state index is 13.5. The van der Waals surface area contributed by atoms with Crippen molar-refractivity contribution in [2.24, 2.45) is 13.0 Å². The molecule has 2 bridgehead atoms. The number of rotatable bonds is 3. The largest absolute Gasteiger partial charge is 0.351 e. The molecule has 8 nitrogen and oxygen atoms in total. The van der Waals surface area contributed by atoms with E-state index in [1.54, 1.807) is 20.3 Å². The second-order valence-corrected chi connectivity index (χ2v) is 8.60. The van der Waals surface area contributed by atoms with Crippen LogP contribution in [0, 0.1) is 5.92 Å². The monoisotopic (exact) mass is 413 g/mol. The normalized spacial score (nSPS) is 27.1. The van der Waals surface area contributed by atoms with Crippen molar-refractivity contribution in [2.45, 2.75) is 37.3 Å². The summed E-state index contributed by atoms with van der Waals surface area (Å²) in [6.45, 7) is 1.20. The summed E-state index contributed by atoms with van der Waals surface area (Å²) in [4.78, 5) is 21.1. The van der Waals surface area contributed by atoms with Crippen LogP contribution >= 0.6 is 0 Å². The van der Waals surface area contributed by atoms with E-state index in [9.17, 15) is 13.6 Å². The number of halogens is 2. The number of aromatic nitrogens is 5. The number of hydrogen-bond acceptors (Lipinski definition) is 5. The summed E-state index contributed by atoms with van der Waals surface area (Å²) >= 11 is 0. The third kappa shape index (κ3) is 2.62. The fourth-order valence-electron chi connectivity index (χ4n) is 4.99. The third-order valence-corrected chi connectivity index (χ3v) is 6.58. The highest BCUT2D eigenvalue weighted by atomic mass is 19.3. The molecule has 3 aromatic rings. The number of nitrogens with zero attached hydrogens (tertiary/aromatic N) is 7. The SMILES string of the molecule is Cn1cc(-c2cc3c(N4CC5CCC(C4)N5C(=O)C4CC4(F)F)ncnn3c2)cn1. The first-order valence-electron chi connectivity index (χ1n) is 10.2. The molecule has 1 aliphatic carbocycles. The number of amides is 1. The van der Waals surface area contributed by atoms with Gasteiger partial charge in [0.15, 0.2) is 5.82 Å². The summed E-state index contributed by atoms with van der Waals surface area (Å²) in [5, 5.41) is 8.57. The van der Waals surface area contributed by atoms with Gasteiger partial charge >= 0.3 is 0 Å². The van der Waals surface area contributed by atoms with Gasteiger partial charge in [-0.25, -0.2) is 18.3 Å². The zero-order valence-corrected chi connectivity index (χ0v) is 16.4. The highest BCUT2D eigenvalue weighted by molar-refractivity contribution is 5.84. The molecule has 0 radical (unpaired) electrons. The van der Waals surface area contributed by atoms with Gasteiger partial charge in [0, 0.05) is 62.2 Å². The van der Waals surface area contributed by atoms with Crippen molar-refractivity contribution < 1.29 is 13.6 Å². The topological polar surface area (TPSA) is 71.6 Å². The molecule has 3 aliphatic rings. The molecule has 0 spiro atoms. The lowest BCUT2D eigenvalue weighted by atomic mass is 10.1. The third-order valence-electron chi connectivity index (χ3n) is 6.58. The van der Waals surface area contributed by atoms with Crippen LogP contribution in [-0.2, 0) is 11.8 Å². The zero-order valence-electron chi connectivity index (χ0n) is 16.4. The molecule has 3 unspecified atom stereocenters. The molecule has 1 saturated carbocycles. The molecule has 3 fully saturated rings. The van der Waals surface area contributed by atoms with Crippen molar-refractivity contribution in [3.63, 3.8) is 0 Å². The van der Waals surface area contributed by atoms with Crippen LogP contribution in [0.5, 0.6) is 0 Å². The summed E-state index contributed by atoms with van der Waals surface area (Å²) in [6.07, 6.45) is 8.60. The number of alkyl halides is 2. The van der Waals surface area contributed by atoms with Crippen LogP contribution in [0.1, 0.15) is 19.3 Å². The summed E-state index contributed by atoms with van der Waals surface area (Å²) in [5.41, 5.74) is 2.87. The van der Waals surface area contributed by atoms with E-state index in [0.29, 0.717) is 13.1 Å². The minimum Gasteiger partial charge on any atom is -0.351 e. The molecule has 156 valence electrons. The maximum absolute atomic E-state index is 13.5. The predicted molar refractivity (Wildman–Crippen MR) is 104 cm³/mol. The molecule has 3 aromatic heterocycles. The Labute approximate surface area is 171 Å². The number of carbonyl (C=O) groups is 1. The predicted octanol–water partition coefficient (Wildman–Crippen LogP) is 1.96. The fraction of sp³-hybridized carbons (Fsp3) is 0.500. The molecule has 30 heavy (non-hydrogen) atoms. The van der Waals surface area contributed by atoms with Crippen molar-refractivity contribution in [2.75, 3.05) is 18.0 Å². The maximum Gasteiger partial charge on any atom is 0.260 e. The van der Waals surface area contributed by atoms with Crippen LogP contribution in [0.3, 0.4) is 0 Å². The van der Waals surface area contributed by atoms with Gasteiger partial charge in [0.25, 0.3) is 5.92 Å². The van der Waals surface area contributed by atoms with Crippen molar-refractivity contribution >= 4 is 17.2 Å². The molecular formula is C20H21F2N7O. The number of anilines is 1. The number of aryl methyl sites for hydroxylation is 1. The first-order chi connectivity index (χ1) is 14.4. The Bertz CT molecular complexity index is 1140. The number of fused-ring (bicyclic) bond motifs is 3. The Morgan fingerprint density at radius 3 is 2.50 bits per heavy atom. The molecule has 2 saturated heterocycles. The average Bonchev–Trinajstić information content (AvgIpc) is 3.09. The second-order valence-electron chi connectivity index (χ2n) is 8.60. The lowest BCUT2D eigenvalue weighted by molar-refractivity contribution is -0.138. The Hall–Kier alpha value is -3.04. The van der Waals surface area contributed by atoms with Crippen molar-refractivity contribution in [3.8, 4) is 11.1 Å². The van der Waals surface area contributed by atoms with E-state index in [2.05, 4.69) is 20.1 Å². The molecule has 5 heterocycles. The van der Waals surface area contributed by atoms with Crippen LogP contribution in [0.2, 0.25) is 0 Å². The second kappa shape index (κ2) is 5.99. The fourth-order valence-corrected chi connectivity index (χ4v) is 4.99. The minimum absolute atomic E-state index is 0.0459. The van der Waals surface area contributed by atoms with Gasteiger partial charge in [0.1, 0.15) is 17.8 Å². The van der Waals surface area contributed by atoms with Gasteiger partial charge in [-0.2, -0.15) is 10.2 Å². The van der Waals surface area contributed by atoms with Gasteiger partial charge in [-0.15, -0.1) is 0 Å². The van der Waals surface area contributed by atoms with Crippen molar-refractivity contribution in [1.82, 2.24) is 29.3 Å². The molecule has 1 amide bonds. The van der Waals surface area contributed by atoms with Crippen LogP contribution in [0.25, 0.3) is 16.6 Å². The zero-order chi connectivity index (χ0) is 20.6. The van der Waals surface area contributed by atoms with E-state index in [-0.39, 0.29) is 24.4 Å². The molecule has 0 aromatic carbocycles. The summed E-state index contributed by atoms with van der Waals surface area (Å²) < 4.78 is 30.5. The van der Waals surface area contributed by atoms with Gasteiger partial charge in [-0.05, 0) is 18.9 Å². The number of carbonyl (C=O) groups excluding carboxylic acids is 1. The Morgan fingerprint density at radius 1 is 1.13 bits per heavy atom.